The van der Waals surface area contributed by atoms with Gasteiger partial charge in [0.25, 0.3) is 5.91 Å². The van der Waals surface area contributed by atoms with E-state index in [0.29, 0.717) is 17.2 Å². The highest BCUT2D eigenvalue weighted by Crippen LogP contribution is 2.38. The van der Waals surface area contributed by atoms with Crippen molar-refractivity contribution in [2.24, 2.45) is 16.5 Å². The van der Waals surface area contributed by atoms with Gasteiger partial charge < -0.3 is 25.7 Å². The Morgan fingerprint density at radius 1 is 1.06 bits per heavy atom. The van der Waals surface area contributed by atoms with Crippen molar-refractivity contribution in [3.63, 3.8) is 0 Å². The number of aliphatic imine (C=N–C) groups is 1. The predicted octanol–water partition coefficient (Wildman–Crippen LogP) is 0.126. The van der Waals surface area contributed by atoms with E-state index in [2.05, 4.69) is 4.99 Å². The van der Waals surface area contributed by atoms with Gasteiger partial charge in [-0.25, -0.2) is 0 Å². The van der Waals surface area contributed by atoms with Crippen LogP contribution in [0.1, 0.15) is 10.4 Å². The molecule has 0 radical (unpaired) electrons. The molecule has 0 spiro atoms. The molecule has 1 aromatic rings. The molecule has 98 valence electrons. The zero-order valence-electron chi connectivity index (χ0n) is 10.4. The molecule has 7 nitrogen and oxygen atoms in total. The summed E-state index contributed by atoms with van der Waals surface area (Å²) in [7, 11) is 4.37. The SMILES string of the molecule is COc1cc(C(=O)N=C(N)N)cc(OC)c1OC. The Balaban J connectivity index is 3.31. The summed E-state index contributed by atoms with van der Waals surface area (Å²) >= 11 is 0. The Morgan fingerprint density at radius 2 is 1.56 bits per heavy atom. The highest BCUT2D eigenvalue weighted by atomic mass is 16.5. The van der Waals surface area contributed by atoms with Crippen LogP contribution in [0.4, 0.5) is 0 Å². The summed E-state index contributed by atoms with van der Waals surface area (Å²) in [4.78, 5) is 15.1. The second-order valence-corrected chi connectivity index (χ2v) is 3.26. The Bertz CT molecular complexity index is 456. The van der Waals surface area contributed by atoms with Gasteiger partial charge in [-0.3, -0.25) is 4.79 Å². The third kappa shape index (κ3) is 2.82. The highest BCUT2D eigenvalue weighted by molar-refractivity contribution is 6.02. The number of hydrogen-bond acceptors (Lipinski definition) is 4. The van der Waals surface area contributed by atoms with Gasteiger partial charge in [-0.2, -0.15) is 4.99 Å². The zero-order chi connectivity index (χ0) is 13.7. The number of nitrogens with zero attached hydrogens (tertiary/aromatic N) is 1. The first-order valence-corrected chi connectivity index (χ1v) is 4.97. The highest BCUT2D eigenvalue weighted by Gasteiger charge is 2.16. The third-order valence-electron chi connectivity index (χ3n) is 2.14. The Kier molecular flexibility index (Phi) is 4.36. The van der Waals surface area contributed by atoms with Crippen molar-refractivity contribution in [1.29, 1.82) is 0 Å². The maximum absolute atomic E-state index is 11.7. The van der Waals surface area contributed by atoms with E-state index in [1.165, 1.54) is 33.5 Å². The van der Waals surface area contributed by atoms with Crippen LogP contribution in [-0.4, -0.2) is 33.2 Å². The fourth-order valence-corrected chi connectivity index (χ4v) is 1.39. The van der Waals surface area contributed by atoms with E-state index in [9.17, 15) is 4.79 Å². The molecule has 4 N–H and O–H groups in total. The molecule has 0 aromatic heterocycles. The van der Waals surface area contributed by atoms with Crippen molar-refractivity contribution in [3.8, 4) is 17.2 Å². The van der Waals surface area contributed by atoms with E-state index in [1.807, 2.05) is 0 Å². The first-order valence-electron chi connectivity index (χ1n) is 4.97. The molecule has 0 heterocycles. The molecule has 0 bridgehead atoms. The number of carbonyl (C=O) groups excluding carboxylic acids is 1. The van der Waals surface area contributed by atoms with Gasteiger partial charge >= 0.3 is 0 Å². The zero-order valence-corrected chi connectivity index (χ0v) is 10.4. The van der Waals surface area contributed by atoms with Crippen molar-refractivity contribution in [2.75, 3.05) is 21.3 Å². The van der Waals surface area contributed by atoms with E-state index in [1.54, 1.807) is 0 Å². The molecule has 0 unspecified atom stereocenters. The molecule has 1 aromatic carbocycles. The number of benzene rings is 1. The van der Waals surface area contributed by atoms with E-state index in [0.717, 1.165) is 0 Å². The van der Waals surface area contributed by atoms with Crippen LogP contribution in [0.15, 0.2) is 17.1 Å². The smallest absolute Gasteiger partial charge is 0.280 e. The molecule has 7 heteroatoms. The molecule has 1 amide bonds. The van der Waals surface area contributed by atoms with Crippen LogP contribution in [0.3, 0.4) is 0 Å². The van der Waals surface area contributed by atoms with E-state index in [4.69, 9.17) is 25.7 Å². The van der Waals surface area contributed by atoms with Gasteiger partial charge in [0.1, 0.15) is 0 Å². The molecular formula is C11H15N3O4. The van der Waals surface area contributed by atoms with E-state index < -0.39 is 5.91 Å². The van der Waals surface area contributed by atoms with Crippen LogP contribution in [0.2, 0.25) is 0 Å². The summed E-state index contributed by atoms with van der Waals surface area (Å²) < 4.78 is 15.3. The number of hydrogen-bond donors (Lipinski definition) is 2. The van der Waals surface area contributed by atoms with Gasteiger partial charge in [0.05, 0.1) is 21.3 Å². The largest absolute Gasteiger partial charge is 0.493 e. The van der Waals surface area contributed by atoms with Crippen LogP contribution < -0.4 is 25.7 Å². The summed E-state index contributed by atoms with van der Waals surface area (Å²) in [6.45, 7) is 0. The molecular weight excluding hydrogens is 238 g/mol. The summed E-state index contributed by atoms with van der Waals surface area (Å²) in [5.41, 5.74) is 10.5. The second kappa shape index (κ2) is 5.76. The monoisotopic (exact) mass is 253 g/mol. The first kappa shape index (κ1) is 13.6. The van der Waals surface area contributed by atoms with Crippen molar-refractivity contribution < 1.29 is 19.0 Å². The molecule has 0 saturated heterocycles. The normalized spacial score (nSPS) is 9.50. The molecule has 18 heavy (non-hydrogen) atoms. The number of ether oxygens (including phenoxy) is 3. The first-order chi connectivity index (χ1) is 8.53. The lowest BCUT2D eigenvalue weighted by atomic mass is 10.1. The van der Waals surface area contributed by atoms with Gasteiger partial charge in [-0.05, 0) is 12.1 Å². The number of nitrogens with two attached hydrogens (primary N) is 2. The Labute approximate surface area is 104 Å². The van der Waals surface area contributed by atoms with Gasteiger partial charge in [-0.15, -0.1) is 0 Å². The van der Waals surface area contributed by atoms with Crippen LogP contribution in [0, 0.1) is 0 Å². The Hall–Kier alpha value is -2.44. The molecule has 0 fully saturated rings. The second-order valence-electron chi connectivity index (χ2n) is 3.26. The predicted molar refractivity (Wildman–Crippen MR) is 66.2 cm³/mol. The number of carbonyl (C=O) groups is 1. The Morgan fingerprint density at radius 3 is 1.89 bits per heavy atom. The summed E-state index contributed by atoms with van der Waals surface area (Å²) in [5, 5.41) is 0. The standard InChI is InChI=1S/C11H15N3O4/c1-16-7-4-6(10(15)14-11(12)13)5-8(17-2)9(7)18-3/h4-5H,1-3H3,(H4,12,13,14,15). The average Bonchev–Trinajstić information content (AvgIpc) is 2.35. The number of rotatable bonds is 4. The van der Waals surface area contributed by atoms with E-state index in [-0.39, 0.29) is 11.5 Å². The molecule has 0 aliphatic heterocycles. The third-order valence-corrected chi connectivity index (χ3v) is 2.14. The lowest BCUT2D eigenvalue weighted by Crippen LogP contribution is -2.24. The van der Waals surface area contributed by atoms with Crippen LogP contribution in [0.5, 0.6) is 17.2 Å². The van der Waals surface area contributed by atoms with Crippen LogP contribution in [-0.2, 0) is 0 Å². The number of methoxy groups -OCH3 is 3. The van der Waals surface area contributed by atoms with Crippen molar-refractivity contribution in [3.05, 3.63) is 17.7 Å². The lowest BCUT2D eigenvalue weighted by Gasteiger charge is -2.12. The summed E-state index contributed by atoms with van der Waals surface area (Å²) in [6, 6.07) is 2.94. The minimum absolute atomic E-state index is 0.234. The van der Waals surface area contributed by atoms with Crippen LogP contribution in [0.25, 0.3) is 0 Å². The quantitative estimate of drug-likeness (QED) is 0.583. The van der Waals surface area contributed by atoms with Crippen molar-refractivity contribution >= 4 is 11.9 Å². The minimum Gasteiger partial charge on any atom is -0.493 e. The maximum atomic E-state index is 11.7. The van der Waals surface area contributed by atoms with Crippen LogP contribution >= 0.6 is 0 Å². The fraction of sp³-hybridized carbons (Fsp3) is 0.273. The maximum Gasteiger partial charge on any atom is 0.280 e. The molecule has 1 rings (SSSR count). The molecule has 0 atom stereocenters. The minimum atomic E-state index is -0.589. The molecule has 0 aliphatic rings. The fourth-order valence-electron chi connectivity index (χ4n) is 1.39. The summed E-state index contributed by atoms with van der Waals surface area (Å²) in [6.07, 6.45) is 0. The van der Waals surface area contributed by atoms with Gasteiger partial charge in [-0.1, -0.05) is 0 Å². The number of amides is 1. The van der Waals surface area contributed by atoms with Crippen molar-refractivity contribution in [1.82, 2.24) is 0 Å². The van der Waals surface area contributed by atoms with Gasteiger partial charge in [0.2, 0.25) is 5.75 Å². The topological polar surface area (TPSA) is 109 Å². The van der Waals surface area contributed by atoms with Crippen molar-refractivity contribution in [2.45, 2.75) is 0 Å². The van der Waals surface area contributed by atoms with Gasteiger partial charge in [0, 0.05) is 5.56 Å². The van der Waals surface area contributed by atoms with E-state index >= 15 is 0 Å². The number of guanidine groups is 1. The summed E-state index contributed by atoms with van der Waals surface area (Å²) in [5.74, 6) is 0.196. The average molecular weight is 253 g/mol. The van der Waals surface area contributed by atoms with Gasteiger partial charge in [0.15, 0.2) is 17.5 Å². The lowest BCUT2D eigenvalue weighted by molar-refractivity contribution is 0.100. The molecule has 0 aliphatic carbocycles. The molecule has 0 saturated carbocycles.